The molecule has 0 aliphatic carbocycles. The summed E-state index contributed by atoms with van der Waals surface area (Å²) in [5.41, 5.74) is 0.493. The monoisotopic (exact) mass is 278 g/mol. The number of hydrogen-bond acceptors (Lipinski definition) is 5. The van der Waals surface area contributed by atoms with Crippen LogP contribution in [0.2, 0.25) is 0 Å². The van der Waals surface area contributed by atoms with E-state index in [0.717, 1.165) is 9.88 Å². The van der Waals surface area contributed by atoms with E-state index in [2.05, 4.69) is 4.98 Å². The van der Waals surface area contributed by atoms with E-state index in [0.29, 0.717) is 24.5 Å². The number of carbonyl (C=O) groups excluding carboxylic acids is 1. The van der Waals surface area contributed by atoms with Crippen LogP contribution in [0.4, 0.5) is 0 Å². The Morgan fingerprint density at radius 3 is 3.05 bits per heavy atom. The van der Waals surface area contributed by atoms with Crippen molar-refractivity contribution in [2.24, 2.45) is 5.92 Å². The van der Waals surface area contributed by atoms with Gasteiger partial charge in [0.2, 0.25) is 0 Å². The molecular formula is C13H14N2O3S. The summed E-state index contributed by atoms with van der Waals surface area (Å²) in [6.45, 7) is 3.25. The minimum absolute atomic E-state index is 0.0590. The molecule has 100 valence electrons. The SMILES string of the molecule is Cc1sc(-c2ccco2)nc1C(=O)N1CC(CO)C1. The van der Waals surface area contributed by atoms with E-state index in [1.54, 1.807) is 17.2 Å². The summed E-state index contributed by atoms with van der Waals surface area (Å²) >= 11 is 1.46. The van der Waals surface area contributed by atoms with Crippen LogP contribution in [0.5, 0.6) is 0 Å². The van der Waals surface area contributed by atoms with Crippen LogP contribution in [0.1, 0.15) is 15.4 Å². The fraction of sp³-hybridized carbons (Fsp3) is 0.385. The van der Waals surface area contributed by atoms with Gasteiger partial charge in [-0.1, -0.05) is 0 Å². The molecule has 5 nitrogen and oxygen atoms in total. The molecule has 1 saturated heterocycles. The molecule has 19 heavy (non-hydrogen) atoms. The Morgan fingerprint density at radius 1 is 1.63 bits per heavy atom. The standard InChI is InChI=1S/C13H14N2O3S/c1-8-11(13(17)15-5-9(6-15)7-16)14-12(19-8)10-3-2-4-18-10/h2-4,9,16H,5-7H2,1H3. The molecule has 1 N–H and O–H groups in total. The van der Waals surface area contributed by atoms with E-state index in [1.807, 2.05) is 13.0 Å². The number of aliphatic hydroxyl groups excluding tert-OH is 1. The van der Waals surface area contributed by atoms with E-state index in [9.17, 15) is 4.79 Å². The number of hydrogen-bond donors (Lipinski definition) is 1. The summed E-state index contributed by atoms with van der Waals surface area (Å²) in [4.78, 5) is 19.2. The van der Waals surface area contributed by atoms with Crippen LogP contribution in [0, 0.1) is 12.8 Å². The van der Waals surface area contributed by atoms with E-state index < -0.39 is 0 Å². The van der Waals surface area contributed by atoms with Gasteiger partial charge in [0.1, 0.15) is 5.69 Å². The number of aliphatic hydroxyl groups is 1. The lowest BCUT2D eigenvalue weighted by Gasteiger charge is -2.37. The van der Waals surface area contributed by atoms with Crippen molar-refractivity contribution >= 4 is 17.2 Å². The quantitative estimate of drug-likeness (QED) is 0.929. The first-order valence-corrected chi connectivity index (χ1v) is 6.92. The molecule has 0 bridgehead atoms. The molecule has 1 fully saturated rings. The fourth-order valence-corrected chi connectivity index (χ4v) is 2.97. The normalized spacial score (nSPS) is 15.6. The molecule has 1 aliphatic rings. The van der Waals surface area contributed by atoms with Crippen molar-refractivity contribution in [1.82, 2.24) is 9.88 Å². The summed E-state index contributed by atoms with van der Waals surface area (Å²) in [6, 6.07) is 3.63. The number of rotatable bonds is 3. The topological polar surface area (TPSA) is 66.6 Å². The van der Waals surface area contributed by atoms with Gasteiger partial charge in [0.15, 0.2) is 10.8 Å². The van der Waals surface area contributed by atoms with Crippen LogP contribution in [-0.4, -0.2) is 40.6 Å². The maximum atomic E-state index is 12.3. The Bertz CT molecular complexity index is 585. The van der Waals surface area contributed by atoms with E-state index in [1.165, 1.54) is 11.3 Å². The average molecular weight is 278 g/mol. The lowest BCUT2D eigenvalue weighted by molar-refractivity contribution is 0.0357. The van der Waals surface area contributed by atoms with Gasteiger partial charge in [-0.15, -0.1) is 11.3 Å². The Morgan fingerprint density at radius 2 is 2.42 bits per heavy atom. The van der Waals surface area contributed by atoms with Crippen molar-refractivity contribution in [3.8, 4) is 10.8 Å². The number of thiazole rings is 1. The highest BCUT2D eigenvalue weighted by atomic mass is 32.1. The maximum Gasteiger partial charge on any atom is 0.273 e. The number of furan rings is 1. The number of aryl methyl sites for hydroxylation is 1. The van der Waals surface area contributed by atoms with Gasteiger partial charge in [0, 0.05) is 30.5 Å². The predicted molar refractivity (Wildman–Crippen MR) is 71.0 cm³/mol. The van der Waals surface area contributed by atoms with E-state index in [-0.39, 0.29) is 18.4 Å². The van der Waals surface area contributed by atoms with E-state index >= 15 is 0 Å². The minimum Gasteiger partial charge on any atom is -0.462 e. The number of amides is 1. The molecule has 2 aromatic rings. The van der Waals surface area contributed by atoms with Crippen molar-refractivity contribution < 1.29 is 14.3 Å². The largest absolute Gasteiger partial charge is 0.462 e. The molecule has 0 spiro atoms. The molecule has 1 aliphatic heterocycles. The first-order chi connectivity index (χ1) is 9.19. The van der Waals surface area contributed by atoms with Gasteiger partial charge >= 0.3 is 0 Å². The molecule has 0 atom stereocenters. The molecule has 3 rings (SSSR count). The van der Waals surface area contributed by atoms with Crippen LogP contribution in [0.15, 0.2) is 22.8 Å². The van der Waals surface area contributed by atoms with Gasteiger partial charge in [-0.3, -0.25) is 4.79 Å². The average Bonchev–Trinajstić information content (AvgIpc) is 2.95. The van der Waals surface area contributed by atoms with Gasteiger partial charge < -0.3 is 14.4 Å². The molecule has 0 saturated carbocycles. The van der Waals surface area contributed by atoms with Crippen molar-refractivity contribution in [3.63, 3.8) is 0 Å². The Kier molecular flexibility index (Phi) is 3.12. The van der Waals surface area contributed by atoms with Crippen LogP contribution in [-0.2, 0) is 0 Å². The van der Waals surface area contributed by atoms with Gasteiger partial charge in [0.25, 0.3) is 5.91 Å². The molecule has 2 aromatic heterocycles. The first-order valence-electron chi connectivity index (χ1n) is 6.10. The van der Waals surface area contributed by atoms with Gasteiger partial charge in [-0.05, 0) is 19.1 Å². The zero-order valence-corrected chi connectivity index (χ0v) is 11.3. The molecule has 0 unspecified atom stereocenters. The zero-order chi connectivity index (χ0) is 13.4. The Hall–Kier alpha value is -1.66. The summed E-state index contributed by atoms with van der Waals surface area (Å²) in [6.07, 6.45) is 1.59. The van der Waals surface area contributed by atoms with Gasteiger partial charge in [-0.2, -0.15) is 0 Å². The maximum absolute atomic E-state index is 12.3. The third-order valence-corrected chi connectivity index (χ3v) is 4.22. The van der Waals surface area contributed by atoms with Crippen molar-refractivity contribution in [3.05, 3.63) is 29.0 Å². The summed E-state index contributed by atoms with van der Waals surface area (Å²) in [5.74, 6) is 0.840. The summed E-state index contributed by atoms with van der Waals surface area (Å²) < 4.78 is 5.29. The molecule has 0 radical (unpaired) electrons. The fourth-order valence-electron chi connectivity index (χ4n) is 2.10. The highest BCUT2D eigenvalue weighted by molar-refractivity contribution is 7.15. The number of nitrogens with zero attached hydrogens (tertiary/aromatic N) is 2. The van der Waals surface area contributed by atoms with E-state index in [4.69, 9.17) is 9.52 Å². The molecule has 3 heterocycles. The number of carbonyl (C=O) groups is 1. The summed E-state index contributed by atoms with van der Waals surface area (Å²) in [7, 11) is 0. The third kappa shape index (κ3) is 2.17. The number of aromatic nitrogens is 1. The van der Waals surface area contributed by atoms with Crippen molar-refractivity contribution in [2.75, 3.05) is 19.7 Å². The highest BCUT2D eigenvalue weighted by Gasteiger charge is 2.32. The number of likely N-dealkylation sites (tertiary alicyclic amines) is 1. The lowest BCUT2D eigenvalue weighted by Crippen LogP contribution is -2.51. The van der Waals surface area contributed by atoms with Crippen LogP contribution < -0.4 is 0 Å². The first kappa shape index (κ1) is 12.4. The zero-order valence-electron chi connectivity index (χ0n) is 10.5. The Labute approximate surface area is 114 Å². The Balaban J connectivity index is 1.80. The minimum atomic E-state index is -0.0590. The lowest BCUT2D eigenvalue weighted by atomic mass is 10.0. The smallest absolute Gasteiger partial charge is 0.273 e. The molecule has 6 heteroatoms. The van der Waals surface area contributed by atoms with Gasteiger partial charge in [0.05, 0.1) is 6.26 Å². The van der Waals surface area contributed by atoms with Crippen molar-refractivity contribution in [2.45, 2.75) is 6.92 Å². The third-order valence-electron chi connectivity index (χ3n) is 3.23. The predicted octanol–water partition coefficient (Wildman–Crippen LogP) is 1.78. The molecule has 0 aromatic carbocycles. The van der Waals surface area contributed by atoms with Crippen LogP contribution in [0.3, 0.4) is 0 Å². The second-order valence-corrected chi connectivity index (χ2v) is 5.86. The molecule has 1 amide bonds. The van der Waals surface area contributed by atoms with Crippen LogP contribution >= 0.6 is 11.3 Å². The second kappa shape index (κ2) is 4.79. The highest BCUT2D eigenvalue weighted by Crippen LogP contribution is 2.29. The second-order valence-electron chi connectivity index (χ2n) is 4.66. The van der Waals surface area contributed by atoms with Crippen molar-refractivity contribution in [1.29, 1.82) is 0 Å². The van der Waals surface area contributed by atoms with Gasteiger partial charge in [-0.25, -0.2) is 4.98 Å². The van der Waals surface area contributed by atoms with Crippen LogP contribution in [0.25, 0.3) is 10.8 Å². The summed E-state index contributed by atoms with van der Waals surface area (Å²) in [5, 5.41) is 9.70. The molecular weight excluding hydrogens is 264 g/mol.